The number of anilines is 2. The summed E-state index contributed by atoms with van der Waals surface area (Å²) in [4.78, 5) is 10.9. The van der Waals surface area contributed by atoms with Gasteiger partial charge in [0.2, 0.25) is 0 Å². The Balaban J connectivity index is 2.21. The van der Waals surface area contributed by atoms with E-state index in [9.17, 15) is 0 Å². The van der Waals surface area contributed by atoms with Gasteiger partial charge in [0.05, 0.1) is 0 Å². The number of rotatable bonds is 3. The number of nitrogens with two attached hydrogens (primary N) is 1. The van der Waals surface area contributed by atoms with Crippen molar-refractivity contribution in [3.05, 3.63) is 11.9 Å². The van der Waals surface area contributed by atoms with E-state index in [1.807, 2.05) is 13.0 Å². The molecule has 1 heterocycles. The van der Waals surface area contributed by atoms with E-state index in [0.717, 1.165) is 11.6 Å². The maximum Gasteiger partial charge on any atom is 0.145 e. The molecule has 1 aliphatic rings. The lowest BCUT2D eigenvalue weighted by atomic mass is 10.2. The van der Waals surface area contributed by atoms with Crippen LogP contribution in [-0.2, 0) is 0 Å². The highest BCUT2D eigenvalue weighted by atomic mass is 15.3. The summed E-state index contributed by atoms with van der Waals surface area (Å²) in [6.07, 6.45) is 5.15. The van der Waals surface area contributed by atoms with Crippen LogP contribution in [-0.4, -0.2) is 23.1 Å². The molecule has 5 nitrogen and oxygen atoms in total. The van der Waals surface area contributed by atoms with Crippen molar-refractivity contribution in [1.29, 1.82) is 0 Å². The van der Waals surface area contributed by atoms with Gasteiger partial charge in [0.15, 0.2) is 0 Å². The van der Waals surface area contributed by atoms with Gasteiger partial charge in [-0.2, -0.15) is 0 Å². The molecule has 1 saturated carbocycles. The van der Waals surface area contributed by atoms with E-state index in [4.69, 9.17) is 5.84 Å². The number of hydrogen-bond donors (Lipinski definition) is 2. The second-order valence-electron chi connectivity index (χ2n) is 4.35. The highest BCUT2D eigenvalue weighted by Gasteiger charge is 2.21. The standard InChI is InChI=1S/C11H19N5/c1-8-13-10(15-12)7-11(14-8)16(2)9-5-3-4-6-9/h7,9H,3-6,12H2,1-2H3,(H,13,14,15). The minimum Gasteiger partial charge on any atom is -0.357 e. The zero-order chi connectivity index (χ0) is 11.5. The molecule has 1 aromatic rings. The number of hydrazine groups is 1. The van der Waals surface area contributed by atoms with Gasteiger partial charge in [0, 0.05) is 19.2 Å². The minimum atomic E-state index is 0.611. The summed E-state index contributed by atoms with van der Waals surface area (Å²) < 4.78 is 0. The first-order valence-corrected chi connectivity index (χ1v) is 5.76. The lowest BCUT2D eigenvalue weighted by Crippen LogP contribution is -2.30. The van der Waals surface area contributed by atoms with Gasteiger partial charge in [-0.3, -0.25) is 0 Å². The number of aryl methyl sites for hydroxylation is 1. The number of aromatic nitrogens is 2. The average Bonchev–Trinajstić information content (AvgIpc) is 2.80. The molecule has 88 valence electrons. The molecule has 3 N–H and O–H groups in total. The Morgan fingerprint density at radius 1 is 1.38 bits per heavy atom. The summed E-state index contributed by atoms with van der Waals surface area (Å²) in [5, 5.41) is 0. The van der Waals surface area contributed by atoms with Crippen LogP contribution in [0.5, 0.6) is 0 Å². The first kappa shape index (κ1) is 11.1. The number of nitrogens with zero attached hydrogens (tertiary/aromatic N) is 3. The fourth-order valence-corrected chi connectivity index (χ4v) is 2.29. The topological polar surface area (TPSA) is 67.1 Å². The second-order valence-corrected chi connectivity index (χ2v) is 4.35. The second kappa shape index (κ2) is 4.65. The molecule has 0 radical (unpaired) electrons. The fraction of sp³-hybridized carbons (Fsp3) is 0.636. The Kier molecular flexibility index (Phi) is 3.24. The van der Waals surface area contributed by atoms with Crippen molar-refractivity contribution in [3.63, 3.8) is 0 Å². The van der Waals surface area contributed by atoms with E-state index < -0.39 is 0 Å². The van der Waals surface area contributed by atoms with E-state index in [1.165, 1.54) is 25.7 Å². The summed E-state index contributed by atoms with van der Waals surface area (Å²) in [5.41, 5.74) is 2.58. The van der Waals surface area contributed by atoms with Gasteiger partial charge in [-0.05, 0) is 19.8 Å². The third-order valence-electron chi connectivity index (χ3n) is 3.21. The first-order valence-electron chi connectivity index (χ1n) is 5.76. The van der Waals surface area contributed by atoms with Crippen molar-refractivity contribution in [2.45, 2.75) is 38.6 Å². The number of nitrogens with one attached hydrogen (secondary N) is 1. The molecule has 0 spiro atoms. The largest absolute Gasteiger partial charge is 0.357 e. The lowest BCUT2D eigenvalue weighted by Gasteiger charge is -2.25. The Morgan fingerprint density at radius 2 is 2.06 bits per heavy atom. The van der Waals surface area contributed by atoms with Crippen LogP contribution in [0.2, 0.25) is 0 Å². The van der Waals surface area contributed by atoms with Crippen molar-refractivity contribution >= 4 is 11.6 Å². The van der Waals surface area contributed by atoms with E-state index in [0.29, 0.717) is 11.9 Å². The molecule has 5 heteroatoms. The van der Waals surface area contributed by atoms with Crippen LogP contribution in [0.1, 0.15) is 31.5 Å². The van der Waals surface area contributed by atoms with Gasteiger partial charge in [0.25, 0.3) is 0 Å². The maximum absolute atomic E-state index is 5.38. The molecule has 16 heavy (non-hydrogen) atoms. The molecule has 1 aromatic heterocycles. The van der Waals surface area contributed by atoms with Crippen LogP contribution >= 0.6 is 0 Å². The number of hydrogen-bond acceptors (Lipinski definition) is 5. The van der Waals surface area contributed by atoms with Crippen LogP contribution in [0.4, 0.5) is 11.6 Å². The van der Waals surface area contributed by atoms with Crippen LogP contribution in [0.15, 0.2) is 6.07 Å². The Hall–Kier alpha value is -1.36. The van der Waals surface area contributed by atoms with Gasteiger partial charge in [-0.15, -0.1) is 0 Å². The van der Waals surface area contributed by atoms with Crippen molar-refractivity contribution < 1.29 is 0 Å². The molecule has 1 aliphatic carbocycles. The molecule has 2 rings (SSSR count). The van der Waals surface area contributed by atoms with E-state index in [1.54, 1.807) is 0 Å². The molecule has 0 aromatic carbocycles. The highest BCUT2D eigenvalue weighted by Crippen LogP contribution is 2.26. The third-order valence-corrected chi connectivity index (χ3v) is 3.21. The van der Waals surface area contributed by atoms with Crippen molar-refractivity contribution in [2.75, 3.05) is 17.4 Å². The average molecular weight is 221 g/mol. The van der Waals surface area contributed by atoms with Crippen molar-refractivity contribution in [2.24, 2.45) is 5.84 Å². The van der Waals surface area contributed by atoms with Crippen LogP contribution in [0.25, 0.3) is 0 Å². The molecule has 0 saturated heterocycles. The fourth-order valence-electron chi connectivity index (χ4n) is 2.29. The molecule has 0 bridgehead atoms. The van der Waals surface area contributed by atoms with Crippen molar-refractivity contribution in [1.82, 2.24) is 9.97 Å². The van der Waals surface area contributed by atoms with E-state index in [-0.39, 0.29) is 0 Å². The Morgan fingerprint density at radius 3 is 2.69 bits per heavy atom. The van der Waals surface area contributed by atoms with Gasteiger partial charge >= 0.3 is 0 Å². The number of nitrogen functional groups attached to an aromatic ring is 1. The molecular weight excluding hydrogens is 202 g/mol. The zero-order valence-electron chi connectivity index (χ0n) is 9.90. The van der Waals surface area contributed by atoms with Gasteiger partial charge in [-0.1, -0.05) is 12.8 Å². The monoisotopic (exact) mass is 221 g/mol. The van der Waals surface area contributed by atoms with Crippen molar-refractivity contribution in [3.8, 4) is 0 Å². The summed E-state index contributed by atoms with van der Waals surface area (Å²) >= 11 is 0. The molecule has 0 amide bonds. The summed E-state index contributed by atoms with van der Waals surface area (Å²) in [6.45, 7) is 1.88. The van der Waals surface area contributed by atoms with Crippen LogP contribution in [0.3, 0.4) is 0 Å². The minimum absolute atomic E-state index is 0.611. The van der Waals surface area contributed by atoms with Crippen LogP contribution in [0, 0.1) is 6.92 Å². The molecular formula is C11H19N5. The summed E-state index contributed by atoms with van der Waals surface area (Å²) in [7, 11) is 2.10. The van der Waals surface area contributed by atoms with Gasteiger partial charge in [0.1, 0.15) is 17.5 Å². The lowest BCUT2D eigenvalue weighted by molar-refractivity contribution is 0.644. The maximum atomic E-state index is 5.38. The summed E-state index contributed by atoms with van der Waals surface area (Å²) in [6, 6.07) is 2.51. The smallest absolute Gasteiger partial charge is 0.145 e. The van der Waals surface area contributed by atoms with Gasteiger partial charge < -0.3 is 10.3 Å². The Labute approximate surface area is 96.0 Å². The highest BCUT2D eigenvalue weighted by molar-refractivity contribution is 5.49. The quantitative estimate of drug-likeness (QED) is 0.597. The molecule has 0 atom stereocenters. The molecule has 1 fully saturated rings. The first-order chi connectivity index (χ1) is 7.70. The normalized spacial score (nSPS) is 16.4. The predicted octanol–water partition coefficient (Wildman–Crippen LogP) is 1.45. The summed E-state index contributed by atoms with van der Waals surface area (Å²) in [5.74, 6) is 7.75. The third kappa shape index (κ3) is 2.24. The molecule has 0 aliphatic heterocycles. The van der Waals surface area contributed by atoms with E-state index in [2.05, 4.69) is 27.3 Å². The Bertz CT molecular complexity index is 359. The molecule has 0 unspecified atom stereocenters. The SMILES string of the molecule is Cc1nc(NN)cc(N(C)C2CCCC2)n1. The van der Waals surface area contributed by atoms with Gasteiger partial charge in [-0.25, -0.2) is 15.8 Å². The predicted molar refractivity (Wildman–Crippen MR) is 65.2 cm³/mol. The zero-order valence-corrected chi connectivity index (χ0v) is 9.90. The van der Waals surface area contributed by atoms with Crippen LogP contribution < -0.4 is 16.2 Å². The van der Waals surface area contributed by atoms with E-state index >= 15 is 0 Å².